The summed E-state index contributed by atoms with van der Waals surface area (Å²) in [6.45, 7) is 2.57. The average Bonchev–Trinajstić information content (AvgIpc) is 2.89. The first-order valence-corrected chi connectivity index (χ1v) is 5.86. The molecule has 0 radical (unpaired) electrons. The van der Waals surface area contributed by atoms with E-state index in [9.17, 15) is 4.79 Å². The van der Waals surface area contributed by atoms with Crippen LogP contribution in [0.4, 0.5) is 0 Å². The first-order valence-electron chi connectivity index (χ1n) is 5.86. The molecule has 0 aliphatic carbocycles. The monoisotopic (exact) mass is 261 g/mol. The van der Waals surface area contributed by atoms with E-state index < -0.39 is 0 Å². The van der Waals surface area contributed by atoms with E-state index in [2.05, 4.69) is 10.3 Å². The summed E-state index contributed by atoms with van der Waals surface area (Å²) in [4.78, 5) is 11.0. The van der Waals surface area contributed by atoms with Crippen molar-refractivity contribution in [2.75, 3.05) is 14.2 Å². The van der Waals surface area contributed by atoms with E-state index in [1.807, 2.05) is 13.0 Å². The Morgan fingerprint density at radius 3 is 2.58 bits per heavy atom. The van der Waals surface area contributed by atoms with Gasteiger partial charge in [0, 0.05) is 12.1 Å². The second-order valence-electron chi connectivity index (χ2n) is 3.83. The first kappa shape index (κ1) is 13.1. The number of aromatic nitrogens is 3. The highest BCUT2D eigenvalue weighted by molar-refractivity contribution is 5.83. The molecule has 0 bridgehead atoms. The van der Waals surface area contributed by atoms with Crippen molar-refractivity contribution < 1.29 is 14.3 Å². The first-order chi connectivity index (χ1) is 9.24. The van der Waals surface area contributed by atoms with Crippen LogP contribution < -0.4 is 9.47 Å². The second kappa shape index (κ2) is 5.51. The van der Waals surface area contributed by atoms with Crippen LogP contribution >= 0.6 is 0 Å². The molecular formula is C13H15N3O3. The minimum absolute atomic E-state index is 0.314. The van der Waals surface area contributed by atoms with Crippen molar-refractivity contribution in [3.8, 4) is 22.8 Å². The molecule has 0 aliphatic heterocycles. The smallest absolute Gasteiger partial charge is 0.172 e. The Morgan fingerprint density at radius 1 is 1.26 bits per heavy atom. The summed E-state index contributed by atoms with van der Waals surface area (Å²) in [5, 5.41) is 7.80. The fourth-order valence-corrected chi connectivity index (χ4v) is 1.91. The summed E-state index contributed by atoms with van der Waals surface area (Å²) in [5.41, 5.74) is 1.80. The van der Waals surface area contributed by atoms with Gasteiger partial charge in [0.1, 0.15) is 0 Å². The van der Waals surface area contributed by atoms with Crippen LogP contribution in [0.25, 0.3) is 11.3 Å². The molecule has 6 nitrogen and oxygen atoms in total. The van der Waals surface area contributed by atoms with Crippen LogP contribution in [-0.2, 0) is 6.54 Å². The van der Waals surface area contributed by atoms with Crippen LogP contribution in [0.3, 0.4) is 0 Å². The van der Waals surface area contributed by atoms with Crippen molar-refractivity contribution >= 4 is 6.29 Å². The topological polar surface area (TPSA) is 66.2 Å². The largest absolute Gasteiger partial charge is 0.493 e. The van der Waals surface area contributed by atoms with E-state index in [0.717, 1.165) is 5.56 Å². The van der Waals surface area contributed by atoms with E-state index in [1.165, 1.54) is 0 Å². The summed E-state index contributed by atoms with van der Waals surface area (Å²) in [7, 11) is 3.14. The lowest BCUT2D eigenvalue weighted by atomic mass is 10.1. The van der Waals surface area contributed by atoms with Crippen molar-refractivity contribution in [3.05, 3.63) is 23.9 Å². The number of aryl methyl sites for hydroxylation is 1. The van der Waals surface area contributed by atoms with E-state index in [-0.39, 0.29) is 0 Å². The third kappa shape index (κ3) is 2.29. The minimum Gasteiger partial charge on any atom is -0.493 e. The molecule has 0 fully saturated rings. The van der Waals surface area contributed by atoms with E-state index in [4.69, 9.17) is 9.47 Å². The Morgan fingerprint density at radius 2 is 2.00 bits per heavy atom. The number of benzene rings is 1. The number of aldehydes is 1. The molecule has 1 aromatic carbocycles. The van der Waals surface area contributed by atoms with Gasteiger partial charge in [0.25, 0.3) is 0 Å². The lowest BCUT2D eigenvalue weighted by molar-refractivity contribution is 0.111. The van der Waals surface area contributed by atoms with E-state index in [1.54, 1.807) is 31.0 Å². The van der Waals surface area contributed by atoms with Gasteiger partial charge in [-0.3, -0.25) is 4.79 Å². The highest BCUT2D eigenvalue weighted by atomic mass is 16.5. The summed E-state index contributed by atoms with van der Waals surface area (Å²) < 4.78 is 12.1. The van der Waals surface area contributed by atoms with E-state index in [0.29, 0.717) is 35.7 Å². The normalized spacial score (nSPS) is 10.3. The van der Waals surface area contributed by atoms with Crippen LogP contribution in [0.5, 0.6) is 11.5 Å². The quantitative estimate of drug-likeness (QED) is 0.768. The second-order valence-corrected chi connectivity index (χ2v) is 3.83. The fraction of sp³-hybridized carbons (Fsp3) is 0.308. The molecule has 0 unspecified atom stereocenters. The summed E-state index contributed by atoms with van der Waals surface area (Å²) >= 11 is 0. The van der Waals surface area contributed by atoms with Crippen molar-refractivity contribution in [2.45, 2.75) is 13.5 Å². The molecule has 0 aliphatic rings. The highest BCUT2D eigenvalue weighted by Crippen LogP contribution is 2.32. The zero-order valence-corrected chi connectivity index (χ0v) is 11.1. The Kier molecular flexibility index (Phi) is 3.79. The fourth-order valence-electron chi connectivity index (χ4n) is 1.91. The molecule has 1 heterocycles. The number of hydrogen-bond donors (Lipinski definition) is 0. The molecule has 1 aromatic heterocycles. The van der Waals surface area contributed by atoms with Gasteiger partial charge >= 0.3 is 0 Å². The zero-order valence-electron chi connectivity index (χ0n) is 11.1. The van der Waals surface area contributed by atoms with Crippen LogP contribution in [0.15, 0.2) is 18.2 Å². The zero-order chi connectivity index (χ0) is 13.8. The number of methoxy groups -OCH3 is 2. The van der Waals surface area contributed by atoms with Crippen molar-refractivity contribution in [2.24, 2.45) is 0 Å². The molecule has 0 N–H and O–H groups in total. The van der Waals surface area contributed by atoms with Crippen LogP contribution in [0.1, 0.15) is 17.4 Å². The Labute approximate surface area is 110 Å². The third-order valence-corrected chi connectivity index (χ3v) is 2.83. The Balaban J connectivity index is 2.58. The maximum atomic E-state index is 11.0. The predicted molar refractivity (Wildman–Crippen MR) is 69.6 cm³/mol. The standard InChI is InChI=1S/C13H15N3O3/c1-4-16-13(10(8-17)14-15-16)9-5-6-11(18-2)12(7-9)19-3/h5-8H,4H2,1-3H3. The highest BCUT2D eigenvalue weighted by Gasteiger charge is 2.15. The molecule has 0 saturated heterocycles. The van der Waals surface area contributed by atoms with Gasteiger partial charge in [-0.2, -0.15) is 0 Å². The molecule has 19 heavy (non-hydrogen) atoms. The number of carbonyl (C=O) groups is 1. The van der Waals surface area contributed by atoms with Gasteiger partial charge in [-0.1, -0.05) is 5.21 Å². The van der Waals surface area contributed by atoms with Gasteiger partial charge in [-0.15, -0.1) is 5.10 Å². The lowest BCUT2D eigenvalue weighted by Crippen LogP contribution is -2.00. The number of nitrogens with zero attached hydrogens (tertiary/aromatic N) is 3. The molecule has 2 rings (SSSR count). The Hall–Kier alpha value is -2.37. The summed E-state index contributed by atoms with van der Waals surface area (Å²) in [6.07, 6.45) is 0.700. The third-order valence-electron chi connectivity index (χ3n) is 2.83. The van der Waals surface area contributed by atoms with Gasteiger partial charge in [-0.25, -0.2) is 4.68 Å². The molecule has 0 saturated carbocycles. The van der Waals surface area contributed by atoms with Crippen LogP contribution in [0, 0.1) is 0 Å². The van der Waals surface area contributed by atoms with Gasteiger partial charge in [0.2, 0.25) is 0 Å². The minimum atomic E-state index is 0.314. The molecular weight excluding hydrogens is 246 g/mol. The van der Waals surface area contributed by atoms with E-state index >= 15 is 0 Å². The molecule has 0 spiro atoms. The van der Waals surface area contributed by atoms with Crippen molar-refractivity contribution in [1.82, 2.24) is 15.0 Å². The molecule has 6 heteroatoms. The lowest BCUT2D eigenvalue weighted by Gasteiger charge is -2.10. The molecule has 0 atom stereocenters. The predicted octanol–water partition coefficient (Wildman–Crippen LogP) is 1.79. The molecule has 2 aromatic rings. The van der Waals surface area contributed by atoms with Crippen molar-refractivity contribution in [1.29, 1.82) is 0 Å². The van der Waals surface area contributed by atoms with Crippen LogP contribution in [-0.4, -0.2) is 35.5 Å². The van der Waals surface area contributed by atoms with Crippen LogP contribution in [0.2, 0.25) is 0 Å². The van der Waals surface area contributed by atoms with Gasteiger partial charge in [-0.05, 0) is 25.1 Å². The number of hydrogen-bond acceptors (Lipinski definition) is 5. The number of carbonyl (C=O) groups excluding carboxylic acids is 1. The van der Waals surface area contributed by atoms with Gasteiger partial charge in [0.05, 0.1) is 19.9 Å². The number of rotatable bonds is 5. The average molecular weight is 261 g/mol. The van der Waals surface area contributed by atoms with Gasteiger partial charge in [0.15, 0.2) is 23.5 Å². The molecule has 100 valence electrons. The summed E-state index contributed by atoms with van der Waals surface area (Å²) in [6, 6.07) is 5.44. The van der Waals surface area contributed by atoms with Crippen molar-refractivity contribution in [3.63, 3.8) is 0 Å². The maximum absolute atomic E-state index is 11.0. The number of ether oxygens (including phenoxy) is 2. The summed E-state index contributed by atoms with van der Waals surface area (Å²) in [5.74, 6) is 1.23. The molecule has 0 amide bonds. The van der Waals surface area contributed by atoms with Gasteiger partial charge < -0.3 is 9.47 Å². The SMILES string of the molecule is CCn1nnc(C=O)c1-c1ccc(OC)c(OC)c1. The Bertz CT molecular complexity index is 593. The maximum Gasteiger partial charge on any atom is 0.172 e.